The van der Waals surface area contributed by atoms with Gasteiger partial charge in [0.1, 0.15) is 5.82 Å². The van der Waals surface area contributed by atoms with Crippen LogP contribution in [0.1, 0.15) is 24.5 Å². The Labute approximate surface area is 232 Å². The van der Waals surface area contributed by atoms with E-state index in [0.717, 1.165) is 6.07 Å². The molecule has 2 unspecified atom stereocenters. The van der Waals surface area contributed by atoms with E-state index in [0.29, 0.717) is 35.4 Å². The summed E-state index contributed by atoms with van der Waals surface area (Å²) in [7, 11) is 0. The number of benzene rings is 2. The average Bonchev–Trinajstić information content (AvgIpc) is 3.53. The number of halogens is 4. The molecule has 4 rings (SSSR count). The van der Waals surface area contributed by atoms with Crippen LogP contribution in [0, 0.1) is 17.5 Å². The van der Waals surface area contributed by atoms with Crippen LogP contribution in [-0.2, 0) is 32.1 Å². The third-order valence-corrected chi connectivity index (χ3v) is 7.07. The predicted octanol–water partition coefficient (Wildman–Crippen LogP) is 2.66. The highest BCUT2D eigenvalue weighted by Crippen LogP contribution is 2.36. The molecule has 2 aliphatic heterocycles. The van der Waals surface area contributed by atoms with Crippen molar-refractivity contribution in [3.8, 4) is 11.5 Å². The van der Waals surface area contributed by atoms with Crippen LogP contribution >= 0.6 is 24.2 Å². The van der Waals surface area contributed by atoms with E-state index >= 15 is 0 Å². The summed E-state index contributed by atoms with van der Waals surface area (Å²) in [6.07, 6.45) is -1.56. The van der Waals surface area contributed by atoms with Gasteiger partial charge >= 0.3 is 12.3 Å². The topological polar surface area (TPSA) is 120 Å². The summed E-state index contributed by atoms with van der Waals surface area (Å²) in [5, 5.41) is 2.00. The Bertz CT molecular complexity index is 1240. The second-order valence-corrected chi connectivity index (χ2v) is 9.84. The zero-order chi connectivity index (χ0) is 27.4. The number of hydrogen-bond donors (Lipinski definition) is 2. The number of esters is 1. The Morgan fingerprint density at radius 1 is 1.13 bits per heavy atom. The Morgan fingerprint density at radius 2 is 1.85 bits per heavy atom. The molecule has 3 N–H and O–H groups in total. The first-order valence-electron chi connectivity index (χ1n) is 11.9. The molecular weight excluding hydrogens is 563 g/mol. The lowest BCUT2D eigenvalue weighted by Gasteiger charge is -2.24. The van der Waals surface area contributed by atoms with Crippen LogP contribution in [0.5, 0.6) is 11.5 Å². The standard InChI is InChI=1S/C25H26F3N3O6S.ClH/c1-2-35-24(34)25-36-19-4-3-13(7-20(19)37-25)12-30-22(33)23-31(5-6-38-23)21(32)10-15(29)8-14-9-17(27)18(28)11-16(14)26;/h3-4,7,9,11,15,23,25H,2,5-6,8,10,12,29H2,1H3,(H,30,33);1H/t15-,23?,25?;/m1./s1. The third-order valence-electron chi connectivity index (χ3n) is 5.87. The number of nitrogens with two attached hydrogens (primary N) is 1. The first-order valence-corrected chi connectivity index (χ1v) is 12.9. The van der Waals surface area contributed by atoms with Crippen LogP contribution in [0.3, 0.4) is 0 Å². The molecule has 1 saturated heterocycles. The molecule has 0 aromatic heterocycles. The van der Waals surface area contributed by atoms with Gasteiger partial charge in [-0.05, 0) is 42.7 Å². The normalized spacial score (nSPS) is 18.3. The van der Waals surface area contributed by atoms with Gasteiger partial charge in [-0.3, -0.25) is 9.59 Å². The number of nitrogens with one attached hydrogen (secondary N) is 1. The molecule has 2 heterocycles. The lowest BCUT2D eigenvalue weighted by atomic mass is 10.0. The molecule has 0 saturated carbocycles. The van der Waals surface area contributed by atoms with E-state index in [2.05, 4.69) is 5.32 Å². The first-order chi connectivity index (χ1) is 18.2. The van der Waals surface area contributed by atoms with Crippen molar-refractivity contribution in [2.24, 2.45) is 5.73 Å². The quantitative estimate of drug-likeness (QED) is 0.338. The van der Waals surface area contributed by atoms with E-state index in [1.165, 1.54) is 16.7 Å². The fourth-order valence-corrected chi connectivity index (χ4v) is 5.21. The van der Waals surface area contributed by atoms with Crippen LogP contribution in [0.25, 0.3) is 0 Å². The number of nitrogens with zero attached hydrogens (tertiary/aromatic N) is 1. The molecule has 39 heavy (non-hydrogen) atoms. The van der Waals surface area contributed by atoms with E-state index in [9.17, 15) is 27.6 Å². The van der Waals surface area contributed by atoms with Crippen LogP contribution < -0.4 is 20.5 Å². The van der Waals surface area contributed by atoms with Crippen molar-refractivity contribution in [1.82, 2.24) is 10.2 Å². The molecule has 3 atom stereocenters. The maximum Gasteiger partial charge on any atom is 0.389 e. The number of rotatable bonds is 9. The monoisotopic (exact) mass is 589 g/mol. The lowest BCUT2D eigenvalue weighted by molar-refractivity contribution is -0.161. The number of fused-ring (bicyclic) bond motifs is 1. The molecule has 0 aliphatic carbocycles. The number of carbonyl (C=O) groups excluding carboxylic acids is 3. The molecule has 0 radical (unpaired) electrons. The molecule has 212 valence electrons. The van der Waals surface area contributed by atoms with Crippen molar-refractivity contribution in [3.05, 3.63) is 58.9 Å². The molecule has 2 aliphatic rings. The molecule has 1 fully saturated rings. The minimum atomic E-state index is -1.31. The number of thioether (sulfide) groups is 1. The van der Waals surface area contributed by atoms with Crippen LogP contribution in [-0.4, -0.2) is 59.3 Å². The number of ether oxygens (including phenoxy) is 3. The summed E-state index contributed by atoms with van der Waals surface area (Å²) < 4.78 is 56.3. The zero-order valence-corrected chi connectivity index (χ0v) is 22.4. The fourth-order valence-electron chi connectivity index (χ4n) is 4.05. The van der Waals surface area contributed by atoms with Gasteiger partial charge in [0.25, 0.3) is 5.91 Å². The molecule has 2 aromatic carbocycles. The largest absolute Gasteiger partial charge is 0.460 e. The minimum Gasteiger partial charge on any atom is -0.460 e. The van der Waals surface area contributed by atoms with Crippen molar-refractivity contribution >= 4 is 42.0 Å². The highest BCUT2D eigenvalue weighted by molar-refractivity contribution is 8.00. The number of hydrogen-bond acceptors (Lipinski definition) is 8. The smallest absolute Gasteiger partial charge is 0.389 e. The van der Waals surface area contributed by atoms with Crippen molar-refractivity contribution in [3.63, 3.8) is 0 Å². The van der Waals surface area contributed by atoms with Gasteiger partial charge in [0.2, 0.25) is 5.91 Å². The van der Waals surface area contributed by atoms with Gasteiger partial charge in [0.15, 0.2) is 28.5 Å². The summed E-state index contributed by atoms with van der Waals surface area (Å²) in [4.78, 5) is 39.0. The Balaban J connectivity index is 0.00000420. The van der Waals surface area contributed by atoms with Crippen LogP contribution in [0.2, 0.25) is 0 Å². The highest BCUT2D eigenvalue weighted by atomic mass is 35.5. The summed E-state index contributed by atoms with van der Waals surface area (Å²) in [6.45, 7) is 2.32. The summed E-state index contributed by atoms with van der Waals surface area (Å²) >= 11 is 1.29. The predicted molar refractivity (Wildman–Crippen MR) is 138 cm³/mol. The number of carbonyl (C=O) groups is 3. The Hall–Kier alpha value is -3.16. The lowest BCUT2D eigenvalue weighted by Crippen LogP contribution is -2.46. The second kappa shape index (κ2) is 13.3. The molecule has 9 nitrogen and oxygen atoms in total. The minimum absolute atomic E-state index is 0. The van der Waals surface area contributed by atoms with E-state index in [1.807, 2.05) is 0 Å². The van der Waals surface area contributed by atoms with Gasteiger partial charge in [-0.15, -0.1) is 24.2 Å². The Kier molecular flexibility index (Phi) is 10.3. The maximum absolute atomic E-state index is 13.9. The van der Waals surface area contributed by atoms with Crippen LogP contribution in [0.15, 0.2) is 30.3 Å². The van der Waals surface area contributed by atoms with Gasteiger partial charge in [0, 0.05) is 37.4 Å². The summed E-state index contributed by atoms with van der Waals surface area (Å²) in [6, 6.07) is 5.27. The van der Waals surface area contributed by atoms with Gasteiger partial charge in [-0.25, -0.2) is 18.0 Å². The van der Waals surface area contributed by atoms with Gasteiger partial charge in [0.05, 0.1) is 6.61 Å². The van der Waals surface area contributed by atoms with E-state index < -0.39 is 47.0 Å². The SMILES string of the molecule is CCOC(=O)C1Oc2ccc(CNC(=O)C3SCCN3C(=O)C[C@H](N)Cc3cc(F)c(F)cc3F)cc2O1.Cl. The summed E-state index contributed by atoms with van der Waals surface area (Å²) in [5.74, 6) is -3.63. The maximum atomic E-state index is 13.9. The van der Waals surface area contributed by atoms with E-state index in [4.69, 9.17) is 19.9 Å². The highest BCUT2D eigenvalue weighted by Gasteiger charge is 2.36. The zero-order valence-electron chi connectivity index (χ0n) is 20.8. The number of amides is 2. The molecule has 14 heteroatoms. The van der Waals surface area contributed by atoms with E-state index in [-0.39, 0.29) is 49.9 Å². The molecule has 0 spiro atoms. The fraction of sp³-hybridized carbons (Fsp3) is 0.400. The molecule has 0 bridgehead atoms. The van der Waals surface area contributed by atoms with Crippen molar-refractivity contribution in [1.29, 1.82) is 0 Å². The van der Waals surface area contributed by atoms with Crippen molar-refractivity contribution in [2.75, 3.05) is 18.9 Å². The van der Waals surface area contributed by atoms with Gasteiger partial charge in [-0.2, -0.15) is 0 Å². The molecule has 2 amide bonds. The molecule has 2 aromatic rings. The van der Waals surface area contributed by atoms with Gasteiger partial charge in [-0.1, -0.05) is 6.07 Å². The van der Waals surface area contributed by atoms with Gasteiger partial charge < -0.3 is 30.2 Å². The molecular formula is C25H27ClF3N3O6S. The van der Waals surface area contributed by atoms with Crippen molar-refractivity contribution < 1.29 is 41.8 Å². The average molecular weight is 590 g/mol. The third kappa shape index (κ3) is 7.28. The summed E-state index contributed by atoms with van der Waals surface area (Å²) in [5.41, 5.74) is 6.54. The first kappa shape index (κ1) is 30.4. The Morgan fingerprint density at radius 3 is 2.59 bits per heavy atom. The van der Waals surface area contributed by atoms with Crippen LogP contribution in [0.4, 0.5) is 13.2 Å². The second-order valence-electron chi connectivity index (χ2n) is 8.65. The van der Waals surface area contributed by atoms with Crippen molar-refractivity contribution in [2.45, 2.75) is 44.0 Å². The van der Waals surface area contributed by atoms with E-state index in [1.54, 1.807) is 25.1 Å².